The number of fused-ring (bicyclic) bond motifs is 1. The number of halogens is 7. The third-order valence-electron chi connectivity index (χ3n) is 4.79. The van der Waals surface area contributed by atoms with Crippen LogP contribution in [0.25, 0.3) is 11.0 Å². The Bertz CT molecular complexity index is 1360. The van der Waals surface area contributed by atoms with Crippen LogP contribution in [-0.4, -0.2) is 30.6 Å². The molecule has 2 N–H and O–H groups in total. The highest BCUT2D eigenvalue weighted by atomic mass is 35.5. The number of aromatic nitrogens is 3. The molecule has 0 aliphatic rings. The summed E-state index contributed by atoms with van der Waals surface area (Å²) in [5, 5.41) is 17.3. The molecule has 0 saturated carbocycles. The van der Waals surface area contributed by atoms with E-state index in [1.807, 2.05) is 6.07 Å². The van der Waals surface area contributed by atoms with Gasteiger partial charge in [0, 0.05) is 10.5 Å². The number of carbonyl (C=O) groups excluding carboxylic acids is 1. The summed E-state index contributed by atoms with van der Waals surface area (Å²) >= 11 is 5.89. The van der Waals surface area contributed by atoms with E-state index in [4.69, 9.17) is 17.3 Å². The molecule has 0 radical (unpaired) electrons. The fraction of sp³-hybridized carbons (Fsp3) is 0.263. The minimum Gasteiger partial charge on any atom is -0.366 e. The second-order valence-electron chi connectivity index (χ2n) is 7.28. The zero-order valence-electron chi connectivity index (χ0n) is 16.8. The molecule has 0 spiro atoms. The summed E-state index contributed by atoms with van der Waals surface area (Å²) < 4.78 is 89.8. The zero-order chi connectivity index (χ0) is 25.6. The first-order chi connectivity index (χ1) is 15.6. The Morgan fingerprint density at radius 3 is 2.35 bits per heavy atom. The van der Waals surface area contributed by atoms with Gasteiger partial charge in [-0.05, 0) is 42.8 Å². The standard InChI is InChI=1S/C19H12ClF6N5O2S/c1-17(7-27,12-6-10(34(33)19(24,25)26)2-3-11(12)16(28)32)8-31-29-14-5-9(18(21,22)23)4-13(20)15(14)30-31/h2-6H,8H2,1H3,(H2,28,32). The lowest BCUT2D eigenvalue weighted by molar-refractivity contribution is -0.137. The lowest BCUT2D eigenvalue weighted by Gasteiger charge is -2.24. The molecule has 0 bridgehead atoms. The number of alkyl halides is 6. The number of nitriles is 1. The van der Waals surface area contributed by atoms with Gasteiger partial charge < -0.3 is 5.73 Å². The van der Waals surface area contributed by atoms with E-state index >= 15 is 0 Å². The van der Waals surface area contributed by atoms with Gasteiger partial charge in [0.05, 0.1) is 23.2 Å². The Balaban J connectivity index is 2.13. The summed E-state index contributed by atoms with van der Waals surface area (Å²) in [7, 11) is -3.47. The number of nitrogens with two attached hydrogens (primary N) is 1. The molecule has 3 rings (SSSR count). The van der Waals surface area contributed by atoms with E-state index in [0.29, 0.717) is 12.1 Å². The molecule has 0 aliphatic carbocycles. The summed E-state index contributed by atoms with van der Waals surface area (Å²) in [5.74, 6) is -1.07. The summed E-state index contributed by atoms with van der Waals surface area (Å²) in [6, 6.07) is 5.65. The van der Waals surface area contributed by atoms with Gasteiger partial charge in [-0.1, -0.05) is 11.6 Å². The van der Waals surface area contributed by atoms with Crippen molar-refractivity contribution in [2.45, 2.75) is 35.5 Å². The minimum atomic E-state index is -5.11. The van der Waals surface area contributed by atoms with Crippen LogP contribution in [0.2, 0.25) is 5.02 Å². The molecule has 0 fully saturated rings. The Kier molecular flexibility index (Phi) is 6.40. The Morgan fingerprint density at radius 1 is 1.18 bits per heavy atom. The smallest absolute Gasteiger partial charge is 0.366 e. The van der Waals surface area contributed by atoms with Gasteiger partial charge in [0.2, 0.25) is 5.91 Å². The fourth-order valence-electron chi connectivity index (χ4n) is 3.16. The van der Waals surface area contributed by atoms with Crippen LogP contribution in [0.5, 0.6) is 0 Å². The van der Waals surface area contributed by atoms with E-state index < -0.39 is 50.8 Å². The molecular weight excluding hydrogens is 512 g/mol. The summed E-state index contributed by atoms with van der Waals surface area (Å²) in [6.07, 6.45) is -4.71. The summed E-state index contributed by atoms with van der Waals surface area (Å²) in [4.78, 5) is 12.0. The molecule has 0 saturated heterocycles. The topological polar surface area (TPSA) is 115 Å². The van der Waals surface area contributed by atoms with Crippen molar-refractivity contribution < 1.29 is 35.3 Å². The van der Waals surface area contributed by atoms with Gasteiger partial charge >= 0.3 is 11.7 Å². The van der Waals surface area contributed by atoms with Crippen LogP contribution >= 0.6 is 11.6 Å². The van der Waals surface area contributed by atoms with Gasteiger partial charge in [0.1, 0.15) is 16.4 Å². The van der Waals surface area contributed by atoms with Crippen molar-refractivity contribution in [3.8, 4) is 6.07 Å². The molecule has 1 aromatic heterocycles. The van der Waals surface area contributed by atoms with Crippen LogP contribution < -0.4 is 5.73 Å². The van der Waals surface area contributed by atoms with Crippen molar-refractivity contribution in [2.75, 3.05) is 0 Å². The average Bonchev–Trinajstić information content (AvgIpc) is 3.14. The van der Waals surface area contributed by atoms with Gasteiger partial charge in [-0.25, -0.2) is 4.21 Å². The van der Waals surface area contributed by atoms with Crippen molar-refractivity contribution in [3.63, 3.8) is 0 Å². The van der Waals surface area contributed by atoms with Crippen LogP contribution in [0, 0.1) is 11.3 Å². The minimum absolute atomic E-state index is 0.114. The van der Waals surface area contributed by atoms with Crippen molar-refractivity contribution in [2.24, 2.45) is 5.73 Å². The number of hydrogen-bond acceptors (Lipinski definition) is 5. The average molecular weight is 524 g/mol. The molecule has 34 heavy (non-hydrogen) atoms. The first-order valence-corrected chi connectivity index (χ1v) is 10.6. The second kappa shape index (κ2) is 8.55. The number of rotatable bonds is 5. The van der Waals surface area contributed by atoms with Crippen molar-refractivity contribution >= 4 is 39.3 Å². The maximum absolute atomic E-state index is 13.1. The van der Waals surface area contributed by atoms with E-state index in [-0.39, 0.29) is 27.2 Å². The van der Waals surface area contributed by atoms with E-state index in [0.717, 1.165) is 23.0 Å². The van der Waals surface area contributed by atoms with Gasteiger partial charge in [0.25, 0.3) is 0 Å². The van der Waals surface area contributed by atoms with Crippen LogP contribution in [0.3, 0.4) is 0 Å². The van der Waals surface area contributed by atoms with E-state index in [2.05, 4.69) is 10.2 Å². The molecule has 2 aromatic carbocycles. The van der Waals surface area contributed by atoms with Crippen LogP contribution in [0.15, 0.2) is 35.2 Å². The predicted molar refractivity (Wildman–Crippen MR) is 108 cm³/mol. The monoisotopic (exact) mass is 523 g/mol. The molecule has 7 nitrogen and oxygen atoms in total. The number of benzene rings is 2. The van der Waals surface area contributed by atoms with Gasteiger partial charge in [-0.15, -0.1) is 0 Å². The summed E-state index contributed by atoms with van der Waals surface area (Å²) in [6.45, 7) is 0.712. The third-order valence-corrected chi connectivity index (χ3v) is 6.18. The predicted octanol–water partition coefficient (Wildman–Crippen LogP) is 4.31. The highest BCUT2D eigenvalue weighted by Crippen LogP contribution is 2.36. The van der Waals surface area contributed by atoms with E-state index in [1.165, 1.54) is 6.92 Å². The second-order valence-corrected chi connectivity index (χ2v) is 9.16. The summed E-state index contributed by atoms with van der Waals surface area (Å²) in [5.41, 5.74) is -3.68. The fourth-order valence-corrected chi connectivity index (χ4v) is 4.10. The Hall–Kier alpha value is -3.18. The number of primary amides is 1. The lowest BCUT2D eigenvalue weighted by Crippen LogP contribution is -2.31. The molecule has 2 atom stereocenters. The molecule has 1 amide bonds. The van der Waals surface area contributed by atoms with E-state index in [1.54, 1.807) is 0 Å². The van der Waals surface area contributed by atoms with Crippen molar-refractivity contribution in [1.29, 1.82) is 5.26 Å². The Morgan fingerprint density at radius 2 is 1.82 bits per heavy atom. The highest BCUT2D eigenvalue weighted by Gasteiger charge is 2.40. The van der Waals surface area contributed by atoms with Crippen molar-refractivity contribution in [1.82, 2.24) is 15.0 Å². The van der Waals surface area contributed by atoms with E-state index in [9.17, 15) is 40.6 Å². The normalized spacial score (nSPS) is 15.0. The molecule has 1 heterocycles. The SMILES string of the molecule is CC(C#N)(Cn1nc2cc(C(F)(F)F)cc(Cl)c2n1)c1cc(S(=O)C(F)(F)F)ccc1C(N)=O. The highest BCUT2D eigenvalue weighted by molar-refractivity contribution is 7.86. The number of hydrogen-bond donors (Lipinski definition) is 1. The van der Waals surface area contributed by atoms with Gasteiger partial charge in [-0.2, -0.15) is 46.6 Å². The Labute approximate surface area is 194 Å². The maximum Gasteiger partial charge on any atom is 0.475 e. The number of amides is 1. The van der Waals surface area contributed by atoms with Crippen LogP contribution in [0.1, 0.15) is 28.4 Å². The molecule has 15 heteroatoms. The van der Waals surface area contributed by atoms with Crippen LogP contribution in [0.4, 0.5) is 26.3 Å². The number of nitrogens with zero attached hydrogens (tertiary/aromatic N) is 4. The van der Waals surface area contributed by atoms with Gasteiger partial charge in [-0.3, -0.25) is 4.79 Å². The molecule has 2 unspecified atom stereocenters. The number of carbonyl (C=O) groups is 1. The molecule has 3 aromatic rings. The van der Waals surface area contributed by atoms with Crippen molar-refractivity contribution in [3.05, 3.63) is 52.0 Å². The quantitative estimate of drug-likeness (QED) is 0.500. The third kappa shape index (κ3) is 4.85. The molecular formula is C19H12ClF6N5O2S. The largest absolute Gasteiger partial charge is 0.475 e. The first kappa shape index (κ1) is 25.4. The molecule has 0 aliphatic heterocycles. The first-order valence-electron chi connectivity index (χ1n) is 9.02. The van der Waals surface area contributed by atoms with Crippen LogP contribution in [-0.2, 0) is 28.9 Å². The molecule has 180 valence electrons. The maximum atomic E-state index is 13.1. The lowest BCUT2D eigenvalue weighted by atomic mass is 9.81. The zero-order valence-corrected chi connectivity index (χ0v) is 18.4. The van der Waals surface area contributed by atoms with Gasteiger partial charge in [0.15, 0.2) is 10.8 Å².